The van der Waals surface area contributed by atoms with Gasteiger partial charge in [0.05, 0.1) is 4.92 Å². The van der Waals surface area contributed by atoms with Crippen molar-refractivity contribution in [2.24, 2.45) is 5.73 Å². The Hall–Kier alpha value is -1.54. The molecule has 0 aliphatic heterocycles. The molecule has 0 bridgehead atoms. The lowest BCUT2D eigenvalue weighted by Gasteiger charge is -2.13. The summed E-state index contributed by atoms with van der Waals surface area (Å²) >= 11 is 0. The predicted molar refractivity (Wildman–Crippen MR) is 64.2 cm³/mol. The van der Waals surface area contributed by atoms with Crippen LogP contribution < -0.4 is 5.73 Å². The molecule has 0 aliphatic rings. The van der Waals surface area contributed by atoms with Crippen LogP contribution in [-0.2, 0) is 0 Å². The lowest BCUT2D eigenvalue weighted by atomic mass is 10.0. The highest BCUT2D eigenvalue weighted by molar-refractivity contribution is 5.85. The molecular weight excluding hydrogens is 289 g/mol. The van der Waals surface area contributed by atoms with E-state index in [2.05, 4.69) is 0 Å². The Bertz CT molecular complexity index is 454. The van der Waals surface area contributed by atoms with Crippen LogP contribution >= 0.6 is 12.4 Å². The number of hydrogen-bond donors (Lipinski definition) is 2. The third-order valence-corrected chi connectivity index (χ3v) is 2.36. The van der Waals surface area contributed by atoms with Gasteiger partial charge in [0.25, 0.3) is 0 Å². The first-order valence-electron chi connectivity index (χ1n) is 5.00. The quantitative estimate of drug-likeness (QED) is 0.660. The smallest absolute Gasteiger partial charge is 0.389 e. The van der Waals surface area contributed by atoms with Crippen LogP contribution in [0.4, 0.5) is 18.9 Å². The van der Waals surface area contributed by atoms with Crippen LogP contribution in [0, 0.1) is 10.1 Å². The molecule has 1 aromatic carbocycles. The third-order valence-electron chi connectivity index (χ3n) is 2.36. The molecule has 0 radical (unpaired) electrons. The number of aromatic hydroxyl groups is 1. The molecule has 0 unspecified atom stereocenters. The summed E-state index contributed by atoms with van der Waals surface area (Å²) in [5.41, 5.74) is 5.13. The van der Waals surface area contributed by atoms with Crippen molar-refractivity contribution in [1.29, 1.82) is 0 Å². The van der Waals surface area contributed by atoms with Crippen LogP contribution in [0.1, 0.15) is 24.4 Å². The SMILES string of the molecule is Cl.N[C@H](CCC(F)(F)F)c1ccc(O)c([N+](=O)[O-])c1. The van der Waals surface area contributed by atoms with E-state index in [1.807, 2.05) is 0 Å². The number of halogens is 4. The minimum atomic E-state index is -4.32. The molecule has 0 aromatic heterocycles. The number of nitro groups is 1. The molecule has 3 N–H and O–H groups in total. The van der Waals surface area contributed by atoms with E-state index >= 15 is 0 Å². The summed E-state index contributed by atoms with van der Waals surface area (Å²) in [6, 6.07) is 2.33. The van der Waals surface area contributed by atoms with E-state index in [0.717, 1.165) is 12.1 Å². The van der Waals surface area contributed by atoms with Crippen LogP contribution in [-0.4, -0.2) is 16.2 Å². The highest BCUT2D eigenvalue weighted by atomic mass is 35.5. The zero-order valence-electron chi connectivity index (χ0n) is 9.55. The van der Waals surface area contributed by atoms with E-state index in [4.69, 9.17) is 5.73 Å². The number of nitro benzene ring substituents is 1. The van der Waals surface area contributed by atoms with Crippen molar-refractivity contribution in [3.8, 4) is 5.75 Å². The largest absolute Gasteiger partial charge is 0.502 e. The molecule has 0 spiro atoms. The van der Waals surface area contributed by atoms with E-state index in [1.54, 1.807) is 0 Å². The molecule has 19 heavy (non-hydrogen) atoms. The Morgan fingerprint density at radius 1 is 1.42 bits per heavy atom. The fourth-order valence-electron chi connectivity index (χ4n) is 1.40. The lowest BCUT2D eigenvalue weighted by molar-refractivity contribution is -0.385. The number of phenols is 1. The number of hydrogen-bond acceptors (Lipinski definition) is 4. The maximum absolute atomic E-state index is 12.0. The van der Waals surface area contributed by atoms with Crippen molar-refractivity contribution in [3.63, 3.8) is 0 Å². The standard InChI is InChI=1S/C10H11F3N2O3.ClH/c11-10(12,13)4-3-7(14)6-1-2-9(16)8(5-6)15(17)18;/h1-2,5,7,16H,3-4,14H2;1H/t7-;/m1./s1. The fraction of sp³-hybridized carbons (Fsp3) is 0.400. The van der Waals surface area contributed by atoms with Gasteiger partial charge in [0.1, 0.15) is 0 Å². The Morgan fingerprint density at radius 3 is 2.47 bits per heavy atom. The van der Waals surface area contributed by atoms with Crippen molar-refractivity contribution < 1.29 is 23.2 Å². The number of nitrogens with zero attached hydrogens (tertiary/aromatic N) is 1. The van der Waals surface area contributed by atoms with Crippen molar-refractivity contribution in [3.05, 3.63) is 33.9 Å². The molecular formula is C10H12ClF3N2O3. The second-order valence-corrected chi connectivity index (χ2v) is 3.77. The zero-order valence-corrected chi connectivity index (χ0v) is 10.4. The molecule has 0 aliphatic carbocycles. The first-order valence-corrected chi connectivity index (χ1v) is 5.00. The normalized spacial score (nSPS) is 12.6. The van der Waals surface area contributed by atoms with Gasteiger partial charge in [-0.05, 0) is 18.1 Å². The summed E-state index contributed by atoms with van der Waals surface area (Å²) in [5, 5.41) is 19.7. The van der Waals surface area contributed by atoms with Crippen molar-refractivity contribution in [1.82, 2.24) is 0 Å². The molecule has 0 fully saturated rings. The summed E-state index contributed by atoms with van der Waals surface area (Å²) in [5.74, 6) is -0.549. The average molecular weight is 301 g/mol. The van der Waals surface area contributed by atoms with Gasteiger partial charge < -0.3 is 10.8 Å². The second-order valence-electron chi connectivity index (χ2n) is 3.77. The van der Waals surface area contributed by atoms with Gasteiger partial charge in [0.2, 0.25) is 0 Å². The number of rotatable bonds is 4. The molecule has 5 nitrogen and oxygen atoms in total. The molecule has 1 atom stereocenters. The summed E-state index contributed by atoms with van der Waals surface area (Å²) in [6.45, 7) is 0. The average Bonchev–Trinajstić information content (AvgIpc) is 2.25. The van der Waals surface area contributed by atoms with Gasteiger partial charge in [-0.2, -0.15) is 13.2 Å². The van der Waals surface area contributed by atoms with Gasteiger partial charge in [-0.3, -0.25) is 10.1 Å². The van der Waals surface area contributed by atoms with Gasteiger partial charge in [-0.25, -0.2) is 0 Å². The molecule has 9 heteroatoms. The van der Waals surface area contributed by atoms with Crippen LogP contribution in [0.5, 0.6) is 5.75 Å². The van der Waals surface area contributed by atoms with Gasteiger partial charge in [0.15, 0.2) is 5.75 Å². The fourth-order valence-corrected chi connectivity index (χ4v) is 1.40. The summed E-state index contributed by atoms with van der Waals surface area (Å²) in [4.78, 5) is 9.71. The van der Waals surface area contributed by atoms with Crippen LogP contribution in [0.25, 0.3) is 0 Å². The summed E-state index contributed by atoms with van der Waals surface area (Å²) in [7, 11) is 0. The number of benzene rings is 1. The topological polar surface area (TPSA) is 89.4 Å². The van der Waals surface area contributed by atoms with Crippen LogP contribution in [0.3, 0.4) is 0 Å². The molecule has 0 amide bonds. The predicted octanol–water partition coefficient (Wildman–Crippen LogP) is 3.06. The number of phenolic OH excluding ortho intramolecular Hbond substituents is 1. The van der Waals surface area contributed by atoms with E-state index in [9.17, 15) is 28.4 Å². The van der Waals surface area contributed by atoms with E-state index < -0.39 is 35.0 Å². The van der Waals surface area contributed by atoms with E-state index in [1.165, 1.54) is 6.07 Å². The Kier molecular flexibility index (Phi) is 6.04. The van der Waals surface area contributed by atoms with E-state index in [0.29, 0.717) is 0 Å². The maximum Gasteiger partial charge on any atom is 0.389 e. The molecule has 1 rings (SSSR count). The van der Waals surface area contributed by atoms with Crippen LogP contribution in [0.15, 0.2) is 18.2 Å². The first kappa shape index (κ1) is 17.5. The number of alkyl halides is 3. The number of nitrogens with two attached hydrogens (primary N) is 1. The minimum absolute atomic E-state index is 0. The molecule has 108 valence electrons. The Morgan fingerprint density at radius 2 is 2.00 bits per heavy atom. The highest BCUT2D eigenvalue weighted by Gasteiger charge is 2.28. The molecule has 1 aromatic rings. The lowest BCUT2D eigenvalue weighted by Crippen LogP contribution is -2.15. The molecule has 0 saturated carbocycles. The monoisotopic (exact) mass is 300 g/mol. The summed E-state index contributed by atoms with van der Waals surface area (Å²) < 4.78 is 36.0. The van der Waals surface area contributed by atoms with Crippen molar-refractivity contribution >= 4 is 18.1 Å². The zero-order chi connectivity index (χ0) is 13.9. The second kappa shape index (κ2) is 6.58. The third kappa shape index (κ3) is 5.31. The molecule has 0 saturated heterocycles. The van der Waals surface area contributed by atoms with Crippen molar-refractivity contribution in [2.75, 3.05) is 0 Å². The first-order chi connectivity index (χ1) is 8.20. The van der Waals surface area contributed by atoms with Gasteiger partial charge >= 0.3 is 11.9 Å². The van der Waals surface area contributed by atoms with E-state index in [-0.39, 0.29) is 24.4 Å². The minimum Gasteiger partial charge on any atom is -0.502 e. The highest BCUT2D eigenvalue weighted by Crippen LogP contribution is 2.31. The Labute approximate surface area is 112 Å². The van der Waals surface area contributed by atoms with Gasteiger partial charge in [0, 0.05) is 18.5 Å². The van der Waals surface area contributed by atoms with Crippen molar-refractivity contribution in [2.45, 2.75) is 25.1 Å². The Balaban J connectivity index is 0.00000324. The van der Waals surface area contributed by atoms with Gasteiger partial charge in [-0.15, -0.1) is 12.4 Å². The summed E-state index contributed by atoms with van der Waals surface area (Å²) in [6.07, 6.45) is -5.76. The van der Waals surface area contributed by atoms with Gasteiger partial charge in [-0.1, -0.05) is 6.07 Å². The van der Waals surface area contributed by atoms with Crippen LogP contribution in [0.2, 0.25) is 0 Å². The molecule has 0 heterocycles. The maximum atomic E-state index is 12.0.